The molecule has 3 rings (SSSR count). The van der Waals surface area contributed by atoms with Crippen LogP contribution < -0.4 is 10.1 Å². The molecule has 28 heavy (non-hydrogen) atoms. The number of carbonyl (C=O) groups is 2. The Balaban J connectivity index is 1.71. The molecule has 5 nitrogen and oxygen atoms in total. The number of ketones is 1. The molecule has 1 N–H and O–H groups in total. The standard InChI is InChI=1S/C22H22N2O3S/c1-4-15-11-17-7-10-19(27-3)12-20(17)24-22(15)28-13-21(26)23-18-8-5-16(6-9-18)14(2)25/h5-12H,4,13H2,1-3H3,(H,23,26). The molecule has 1 amide bonds. The highest BCUT2D eigenvalue weighted by Gasteiger charge is 2.11. The molecular weight excluding hydrogens is 372 g/mol. The maximum atomic E-state index is 12.3. The number of carbonyl (C=O) groups excluding carboxylic acids is 2. The summed E-state index contributed by atoms with van der Waals surface area (Å²) < 4.78 is 5.27. The van der Waals surface area contributed by atoms with Crippen molar-refractivity contribution in [2.24, 2.45) is 0 Å². The van der Waals surface area contributed by atoms with E-state index in [4.69, 9.17) is 9.72 Å². The first kappa shape index (κ1) is 19.9. The summed E-state index contributed by atoms with van der Waals surface area (Å²) in [6.07, 6.45) is 0.839. The van der Waals surface area contributed by atoms with Crippen LogP contribution in [0.5, 0.6) is 5.75 Å². The molecule has 0 fully saturated rings. The number of aryl methyl sites for hydroxylation is 1. The third-order valence-electron chi connectivity index (χ3n) is 4.36. The third kappa shape index (κ3) is 4.70. The second-order valence-electron chi connectivity index (χ2n) is 6.34. The molecule has 0 aliphatic rings. The molecule has 0 spiro atoms. The zero-order valence-corrected chi connectivity index (χ0v) is 16.9. The topological polar surface area (TPSA) is 68.3 Å². The number of ether oxygens (including phenoxy) is 1. The maximum absolute atomic E-state index is 12.3. The summed E-state index contributed by atoms with van der Waals surface area (Å²) >= 11 is 1.42. The first-order valence-corrected chi connectivity index (χ1v) is 10.00. The predicted octanol–water partition coefficient (Wildman–Crippen LogP) is 4.74. The van der Waals surface area contributed by atoms with Gasteiger partial charge in [0.25, 0.3) is 0 Å². The number of nitrogens with zero attached hydrogens (tertiary/aromatic N) is 1. The smallest absolute Gasteiger partial charge is 0.234 e. The number of methoxy groups -OCH3 is 1. The average molecular weight is 394 g/mol. The minimum atomic E-state index is -0.116. The van der Waals surface area contributed by atoms with E-state index in [2.05, 4.69) is 18.3 Å². The van der Waals surface area contributed by atoms with Crippen LogP contribution in [0.2, 0.25) is 0 Å². The lowest BCUT2D eigenvalue weighted by Gasteiger charge is -2.10. The molecule has 1 aromatic heterocycles. The van der Waals surface area contributed by atoms with Gasteiger partial charge in [-0.3, -0.25) is 9.59 Å². The van der Waals surface area contributed by atoms with Gasteiger partial charge in [0.15, 0.2) is 5.78 Å². The Hall–Kier alpha value is -2.86. The number of fused-ring (bicyclic) bond motifs is 1. The van der Waals surface area contributed by atoms with Crippen LogP contribution in [0.25, 0.3) is 10.9 Å². The fraction of sp³-hybridized carbons (Fsp3) is 0.227. The highest BCUT2D eigenvalue weighted by atomic mass is 32.2. The van der Waals surface area contributed by atoms with Crippen LogP contribution >= 0.6 is 11.8 Å². The van der Waals surface area contributed by atoms with E-state index < -0.39 is 0 Å². The number of hydrogen-bond donors (Lipinski definition) is 1. The van der Waals surface area contributed by atoms with E-state index in [1.54, 1.807) is 31.4 Å². The Kier molecular flexibility index (Phi) is 6.31. The Labute approximate surface area is 168 Å². The van der Waals surface area contributed by atoms with Crippen molar-refractivity contribution in [1.29, 1.82) is 0 Å². The molecule has 0 aliphatic heterocycles. The minimum Gasteiger partial charge on any atom is -0.497 e. The van der Waals surface area contributed by atoms with Crippen LogP contribution in [0.15, 0.2) is 53.6 Å². The quantitative estimate of drug-likeness (QED) is 0.463. The van der Waals surface area contributed by atoms with Gasteiger partial charge in [0.1, 0.15) is 10.8 Å². The highest BCUT2D eigenvalue weighted by molar-refractivity contribution is 8.00. The minimum absolute atomic E-state index is 0.000430. The molecule has 0 saturated carbocycles. The fourth-order valence-corrected chi connectivity index (χ4v) is 3.69. The summed E-state index contributed by atoms with van der Waals surface area (Å²) in [5.74, 6) is 0.894. The number of anilines is 1. The molecule has 0 radical (unpaired) electrons. The summed E-state index contributed by atoms with van der Waals surface area (Å²) in [6.45, 7) is 3.59. The monoisotopic (exact) mass is 394 g/mol. The molecule has 0 atom stereocenters. The van der Waals surface area contributed by atoms with Crippen molar-refractivity contribution in [2.75, 3.05) is 18.2 Å². The van der Waals surface area contributed by atoms with Crippen molar-refractivity contribution in [3.63, 3.8) is 0 Å². The van der Waals surface area contributed by atoms with E-state index in [-0.39, 0.29) is 17.4 Å². The van der Waals surface area contributed by atoms with E-state index in [0.29, 0.717) is 11.3 Å². The molecule has 3 aromatic rings. The number of thioether (sulfide) groups is 1. The predicted molar refractivity (Wildman–Crippen MR) is 113 cm³/mol. The fourth-order valence-electron chi connectivity index (χ4n) is 2.80. The number of Topliss-reactive ketones (excluding diaryl/α,β-unsaturated/α-hetero) is 1. The second-order valence-corrected chi connectivity index (χ2v) is 7.30. The number of amides is 1. The maximum Gasteiger partial charge on any atom is 0.234 e. The van der Waals surface area contributed by atoms with E-state index in [0.717, 1.165) is 33.7 Å². The number of nitrogens with one attached hydrogen (secondary N) is 1. The van der Waals surface area contributed by atoms with Gasteiger partial charge in [-0.15, -0.1) is 0 Å². The van der Waals surface area contributed by atoms with Crippen LogP contribution in [0.1, 0.15) is 29.8 Å². The summed E-state index contributed by atoms with van der Waals surface area (Å²) in [7, 11) is 1.63. The van der Waals surface area contributed by atoms with Crippen LogP contribution in [-0.2, 0) is 11.2 Å². The van der Waals surface area contributed by atoms with Crippen LogP contribution in [0.3, 0.4) is 0 Å². The Morgan fingerprint density at radius 1 is 1.11 bits per heavy atom. The zero-order valence-electron chi connectivity index (χ0n) is 16.1. The van der Waals surface area contributed by atoms with Gasteiger partial charge >= 0.3 is 0 Å². The van der Waals surface area contributed by atoms with E-state index in [1.807, 2.05) is 18.2 Å². The summed E-state index contributed by atoms with van der Waals surface area (Å²) in [5.41, 5.74) is 3.25. The van der Waals surface area contributed by atoms with Crippen molar-refractivity contribution >= 4 is 40.0 Å². The number of rotatable bonds is 7. The number of aromatic nitrogens is 1. The van der Waals surface area contributed by atoms with E-state index in [9.17, 15) is 9.59 Å². The molecule has 0 bridgehead atoms. The van der Waals surface area contributed by atoms with Gasteiger partial charge in [0.2, 0.25) is 5.91 Å². The van der Waals surface area contributed by atoms with Crippen molar-refractivity contribution in [1.82, 2.24) is 4.98 Å². The van der Waals surface area contributed by atoms with Crippen molar-refractivity contribution < 1.29 is 14.3 Å². The molecule has 2 aromatic carbocycles. The Bertz CT molecular complexity index is 1020. The van der Waals surface area contributed by atoms with Gasteiger partial charge in [-0.1, -0.05) is 18.7 Å². The molecule has 1 heterocycles. The van der Waals surface area contributed by atoms with Gasteiger partial charge in [0, 0.05) is 22.7 Å². The molecule has 144 valence electrons. The van der Waals surface area contributed by atoms with Crippen LogP contribution in [0, 0.1) is 0 Å². The lowest BCUT2D eigenvalue weighted by atomic mass is 10.1. The zero-order chi connectivity index (χ0) is 20.1. The molecular formula is C22H22N2O3S. The molecule has 0 aliphatic carbocycles. The van der Waals surface area contributed by atoms with Crippen molar-refractivity contribution in [3.05, 3.63) is 59.7 Å². The molecule has 0 unspecified atom stereocenters. The average Bonchev–Trinajstić information content (AvgIpc) is 2.71. The van der Waals surface area contributed by atoms with E-state index in [1.165, 1.54) is 18.7 Å². The first-order valence-electron chi connectivity index (χ1n) is 9.01. The number of pyridine rings is 1. The second kappa shape index (κ2) is 8.89. The Morgan fingerprint density at radius 3 is 2.50 bits per heavy atom. The SMILES string of the molecule is CCc1cc2ccc(OC)cc2nc1SCC(=O)Nc1ccc(C(C)=O)cc1. The Morgan fingerprint density at radius 2 is 1.86 bits per heavy atom. The molecule has 0 saturated heterocycles. The summed E-state index contributed by atoms with van der Waals surface area (Å²) in [6, 6.07) is 14.8. The highest BCUT2D eigenvalue weighted by Crippen LogP contribution is 2.27. The van der Waals surface area contributed by atoms with Gasteiger partial charge in [-0.25, -0.2) is 4.98 Å². The van der Waals surface area contributed by atoms with Crippen LogP contribution in [0.4, 0.5) is 5.69 Å². The van der Waals surface area contributed by atoms with Gasteiger partial charge < -0.3 is 10.1 Å². The van der Waals surface area contributed by atoms with Crippen molar-refractivity contribution in [3.8, 4) is 5.75 Å². The summed E-state index contributed by atoms with van der Waals surface area (Å²) in [4.78, 5) is 28.4. The third-order valence-corrected chi connectivity index (χ3v) is 5.39. The molecule has 6 heteroatoms. The summed E-state index contributed by atoms with van der Waals surface area (Å²) in [5, 5.41) is 4.76. The van der Waals surface area contributed by atoms with Crippen LogP contribution in [-0.4, -0.2) is 29.5 Å². The van der Waals surface area contributed by atoms with Crippen molar-refractivity contribution in [2.45, 2.75) is 25.3 Å². The first-order chi connectivity index (χ1) is 13.5. The van der Waals surface area contributed by atoms with Gasteiger partial charge in [-0.05, 0) is 61.4 Å². The largest absolute Gasteiger partial charge is 0.497 e. The lowest BCUT2D eigenvalue weighted by Crippen LogP contribution is -2.14. The van der Waals surface area contributed by atoms with E-state index >= 15 is 0 Å². The lowest BCUT2D eigenvalue weighted by molar-refractivity contribution is -0.113. The van der Waals surface area contributed by atoms with Gasteiger partial charge in [0.05, 0.1) is 18.4 Å². The number of hydrogen-bond acceptors (Lipinski definition) is 5. The van der Waals surface area contributed by atoms with Gasteiger partial charge in [-0.2, -0.15) is 0 Å². The number of benzene rings is 2. The normalized spacial score (nSPS) is 10.7.